The van der Waals surface area contributed by atoms with E-state index in [9.17, 15) is 4.79 Å². The van der Waals surface area contributed by atoms with Crippen LogP contribution < -0.4 is 4.74 Å². The van der Waals surface area contributed by atoms with Gasteiger partial charge in [0.15, 0.2) is 5.78 Å². The summed E-state index contributed by atoms with van der Waals surface area (Å²) >= 11 is 5.92. The molecule has 3 heteroatoms. The summed E-state index contributed by atoms with van der Waals surface area (Å²) in [6, 6.07) is 5.26. The average molecular weight is 267 g/mol. The van der Waals surface area contributed by atoms with Crippen LogP contribution in [0.3, 0.4) is 0 Å². The van der Waals surface area contributed by atoms with E-state index in [1.165, 1.54) is 12.8 Å². The summed E-state index contributed by atoms with van der Waals surface area (Å²) in [7, 11) is 0. The van der Waals surface area contributed by atoms with Crippen molar-refractivity contribution in [3.05, 3.63) is 28.8 Å². The Balaban J connectivity index is 2.15. The first-order chi connectivity index (χ1) is 8.56. The third-order valence-electron chi connectivity index (χ3n) is 3.50. The minimum absolute atomic E-state index is 0.00337. The minimum atomic E-state index is -0.00337. The smallest absolute Gasteiger partial charge is 0.163 e. The molecule has 98 valence electrons. The molecule has 18 heavy (non-hydrogen) atoms. The molecular formula is C15H19ClO2. The molecule has 2 atom stereocenters. The Morgan fingerprint density at radius 3 is 2.83 bits per heavy atom. The molecule has 1 aliphatic carbocycles. The van der Waals surface area contributed by atoms with E-state index in [-0.39, 0.29) is 11.9 Å². The third kappa shape index (κ3) is 3.26. The van der Waals surface area contributed by atoms with Crippen LogP contribution in [0.15, 0.2) is 18.2 Å². The molecule has 0 spiro atoms. The lowest BCUT2D eigenvalue weighted by Crippen LogP contribution is -2.24. The summed E-state index contributed by atoms with van der Waals surface area (Å²) in [5.41, 5.74) is 0.584. The molecule has 1 aromatic rings. The summed E-state index contributed by atoms with van der Waals surface area (Å²) in [6.07, 6.45) is 4.85. The maximum Gasteiger partial charge on any atom is 0.163 e. The van der Waals surface area contributed by atoms with E-state index in [1.54, 1.807) is 25.1 Å². The second-order valence-electron chi connectivity index (χ2n) is 5.21. The van der Waals surface area contributed by atoms with E-state index >= 15 is 0 Å². The van der Waals surface area contributed by atoms with Gasteiger partial charge in [0.1, 0.15) is 5.75 Å². The molecule has 0 bridgehead atoms. The Morgan fingerprint density at radius 1 is 1.39 bits per heavy atom. The summed E-state index contributed by atoms with van der Waals surface area (Å²) in [5, 5.41) is 0.574. The number of ketones is 1. The van der Waals surface area contributed by atoms with Gasteiger partial charge in [-0.05, 0) is 50.3 Å². The molecule has 0 N–H and O–H groups in total. The zero-order valence-electron chi connectivity index (χ0n) is 10.9. The maximum absolute atomic E-state index is 11.6. The van der Waals surface area contributed by atoms with Crippen molar-refractivity contribution in [1.29, 1.82) is 0 Å². The van der Waals surface area contributed by atoms with Crippen LogP contribution in [0.2, 0.25) is 5.02 Å². The van der Waals surface area contributed by atoms with Crippen molar-refractivity contribution in [2.75, 3.05) is 0 Å². The van der Waals surface area contributed by atoms with Crippen LogP contribution >= 0.6 is 11.6 Å². The Labute approximate surface area is 113 Å². The number of halogens is 1. The monoisotopic (exact) mass is 266 g/mol. The fraction of sp³-hybridized carbons (Fsp3) is 0.533. The number of carbonyl (C=O) groups excluding carboxylic acids is 1. The van der Waals surface area contributed by atoms with Crippen molar-refractivity contribution in [3.63, 3.8) is 0 Å². The molecule has 2 unspecified atom stereocenters. The van der Waals surface area contributed by atoms with E-state index in [0.29, 0.717) is 22.3 Å². The predicted octanol–water partition coefficient (Wildman–Crippen LogP) is 4.50. The van der Waals surface area contributed by atoms with Gasteiger partial charge < -0.3 is 4.74 Å². The Bertz CT molecular complexity index is 442. The predicted molar refractivity (Wildman–Crippen MR) is 73.5 cm³/mol. The lowest BCUT2D eigenvalue weighted by Gasteiger charge is -2.28. The van der Waals surface area contributed by atoms with Crippen LogP contribution in [-0.2, 0) is 0 Å². The van der Waals surface area contributed by atoms with Gasteiger partial charge in [-0.1, -0.05) is 24.9 Å². The standard InChI is InChI=1S/C15H19ClO2/c1-10-4-3-5-13(8-10)18-15-7-6-12(16)9-14(15)11(2)17/h6-7,9-10,13H,3-5,8H2,1-2H3. The number of rotatable bonds is 3. The lowest BCUT2D eigenvalue weighted by molar-refractivity contribution is 0.0993. The average Bonchev–Trinajstić information content (AvgIpc) is 2.31. The van der Waals surface area contributed by atoms with Crippen LogP contribution in [0, 0.1) is 5.92 Å². The molecule has 1 aromatic carbocycles. The fourth-order valence-corrected chi connectivity index (χ4v) is 2.72. The minimum Gasteiger partial charge on any atom is -0.490 e. The van der Waals surface area contributed by atoms with Gasteiger partial charge in [0.25, 0.3) is 0 Å². The number of hydrogen-bond donors (Lipinski definition) is 0. The normalized spacial score (nSPS) is 23.7. The van der Waals surface area contributed by atoms with Crippen LogP contribution in [-0.4, -0.2) is 11.9 Å². The topological polar surface area (TPSA) is 26.3 Å². The van der Waals surface area contributed by atoms with Crippen molar-refractivity contribution < 1.29 is 9.53 Å². The first-order valence-electron chi connectivity index (χ1n) is 6.53. The fourth-order valence-electron chi connectivity index (χ4n) is 2.55. The molecule has 1 saturated carbocycles. The summed E-state index contributed by atoms with van der Waals surface area (Å²) in [5.74, 6) is 1.37. The summed E-state index contributed by atoms with van der Waals surface area (Å²) in [4.78, 5) is 11.6. The number of hydrogen-bond acceptors (Lipinski definition) is 2. The zero-order chi connectivity index (χ0) is 13.1. The van der Waals surface area contributed by atoms with E-state index in [1.807, 2.05) is 0 Å². The highest BCUT2D eigenvalue weighted by Gasteiger charge is 2.21. The van der Waals surface area contributed by atoms with Gasteiger partial charge in [0.05, 0.1) is 11.7 Å². The third-order valence-corrected chi connectivity index (χ3v) is 3.74. The molecule has 0 radical (unpaired) electrons. The van der Waals surface area contributed by atoms with E-state index < -0.39 is 0 Å². The van der Waals surface area contributed by atoms with E-state index in [2.05, 4.69) is 6.92 Å². The number of Topliss-reactive ketones (excluding diaryl/α,β-unsaturated/α-hetero) is 1. The van der Waals surface area contributed by atoms with Crippen LogP contribution in [0.25, 0.3) is 0 Å². The molecule has 0 amide bonds. The molecule has 0 aromatic heterocycles. The zero-order valence-corrected chi connectivity index (χ0v) is 11.7. The van der Waals surface area contributed by atoms with Gasteiger partial charge in [-0.3, -0.25) is 4.79 Å². The van der Waals surface area contributed by atoms with Crippen molar-refractivity contribution >= 4 is 17.4 Å². The summed E-state index contributed by atoms with van der Waals surface area (Å²) < 4.78 is 5.99. The quantitative estimate of drug-likeness (QED) is 0.753. The first kappa shape index (κ1) is 13.4. The Hall–Kier alpha value is -1.02. The van der Waals surface area contributed by atoms with Crippen molar-refractivity contribution in [2.24, 2.45) is 5.92 Å². The molecule has 0 saturated heterocycles. The molecule has 0 heterocycles. The summed E-state index contributed by atoms with van der Waals surface area (Å²) in [6.45, 7) is 3.80. The van der Waals surface area contributed by atoms with Crippen molar-refractivity contribution in [3.8, 4) is 5.75 Å². The maximum atomic E-state index is 11.6. The van der Waals surface area contributed by atoms with Gasteiger partial charge in [-0.15, -0.1) is 0 Å². The van der Waals surface area contributed by atoms with Gasteiger partial charge in [0.2, 0.25) is 0 Å². The van der Waals surface area contributed by atoms with Gasteiger partial charge in [-0.25, -0.2) is 0 Å². The van der Waals surface area contributed by atoms with E-state index in [0.717, 1.165) is 12.8 Å². The second-order valence-corrected chi connectivity index (χ2v) is 5.64. The number of benzene rings is 1. The number of ether oxygens (including phenoxy) is 1. The Kier molecular flexibility index (Phi) is 4.28. The lowest BCUT2D eigenvalue weighted by atomic mass is 9.88. The highest BCUT2D eigenvalue weighted by atomic mass is 35.5. The van der Waals surface area contributed by atoms with Crippen LogP contribution in [0.5, 0.6) is 5.75 Å². The van der Waals surface area contributed by atoms with Gasteiger partial charge in [0, 0.05) is 5.02 Å². The van der Waals surface area contributed by atoms with Crippen molar-refractivity contribution in [2.45, 2.75) is 45.6 Å². The number of carbonyl (C=O) groups is 1. The Morgan fingerprint density at radius 2 is 2.17 bits per heavy atom. The van der Waals surface area contributed by atoms with Gasteiger partial charge in [-0.2, -0.15) is 0 Å². The molecule has 1 aliphatic rings. The van der Waals surface area contributed by atoms with Crippen LogP contribution in [0.1, 0.15) is 49.9 Å². The van der Waals surface area contributed by atoms with Crippen molar-refractivity contribution in [1.82, 2.24) is 0 Å². The highest BCUT2D eigenvalue weighted by molar-refractivity contribution is 6.31. The first-order valence-corrected chi connectivity index (χ1v) is 6.91. The molecule has 1 fully saturated rings. The molecule has 2 nitrogen and oxygen atoms in total. The largest absolute Gasteiger partial charge is 0.490 e. The van der Waals surface area contributed by atoms with Gasteiger partial charge >= 0.3 is 0 Å². The second kappa shape index (κ2) is 5.75. The molecule has 2 rings (SSSR count). The molecular weight excluding hydrogens is 248 g/mol. The SMILES string of the molecule is CC(=O)c1cc(Cl)ccc1OC1CCCC(C)C1. The van der Waals surface area contributed by atoms with E-state index in [4.69, 9.17) is 16.3 Å². The molecule has 0 aliphatic heterocycles. The highest BCUT2D eigenvalue weighted by Crippen LogP contribution is 2.30. The van der Waals surface area contributed by atoms with Crippen LogP contribution in [0.4, 0.5) is 0 Å².